The van der Waals surface area contributed by atoms with Crippen LogP contribution < -0.4 is 0 Å². The van der Waals surface area contributed by atoms with Gasteiger partial charge in [0, 0.05) is 58.4 Å². The van der Waals surface area contributed by atoms with E-state index in [0.717, 1.165) is 63.8 Å². The van der Waals surface area contributed by atoms with E-state index in [2.05, 4.69) is 67.4 Å². The van der Waals surface area contributed by atoms with Crippen molar-refractivity contribution in [3.8, 4) is 0 Å². The summed E-state index contributed by atoms with van der Waals surface area (Å²) >= 11 is 0. The van der Waals surface area contributed by atoms with Gasteiger partial charge in [-0.15, -0.1) is 0 Å². The van der Waals surface area contributed by atoms with E-state index in [0.29, 0.717) is 13.1 Å². The zero-order valence-corrected chi connectivity index (χ0v) is 23.2. The number of hydrogen-bond donors (Lipinski definition) is 1. The van der Waals surface area contributed by atoms with Crippen molar-refractivity contribution in [3.63, 3.8) is 0 Å². The van der Waals surface area contributed by atoms with Gasteiger partial charge < -0.3 is 19.4 Å². The normalized spacial score (nSPS) is 11.5. The second-order valence-electron chi connectivity index (χ2n) is 9.94. The molecule has 1 N–H and O–H groups in total. The molecule has 8 heteroatoms. The van der Waals surface area contributed by atoms with Crippen molar-refractivity contribution in [2.75, 3.05) is 26.2 Å². The molecule has 0 bridgehead atoms. The van der Waals surface area contributed by atoms with Crippen LogP contribution in [0.1, 0.15) is 69.2 Å². The van der Waals surface area contributed by atoms with Crippen LogP contribution in [0.15, 0.2) is 49.1 Å². The molecule has 2 heterocycles. The highest BCUT2D eigenvalue weighted by Gasteiger charge is 2.14. The lowest BCUT2D eigenvalue weighted by atomic mass is 10.1. The van der Waals surface area contributed by atoms with E-state index in [1.807, 2.05) is 30.5 Å². The lowest BCUT2D eigenvalue weighted by Crippen LogP contribution is -2.31. The van der Waals surface area contributed by atoms with E-state index in [1.54, 1.807) is 13.1 Å². The number of carbonyl (C=O) groups excluding carboxylic acids is 1. The molecule has 3 rings (SSSR count). The molecule has 8 nitrogen and oxygen atoms in total. The first-order valence-corrected chi connectivity index (χ1v) is 13.7. The van der Waals surface area contributed by atoms with Gasteiger partial charge in [-0.1, -0.05) is 38.1 Å². The molecular formula is C29H45N7O. The SMILES string of the molecule is CCCN(CCC)CCCCN(Cc1ccc(CN(Cc2ncc[nH]2)Cc2nccn2C)cc1)C(C)=O. The number of aromatic nitrogens is 4. The van der Waals surface area contributed by atoms with Crippen LogP contribution in [0, 0.1) is 0 Å². The van der Waals surface area contributed by atoms with Gasteiger partial charge in [0.25, 0.3) is 0 Å². The van der Waals surface area contributed by atoms with Crippen molar-refractivity contribution >= 4 is 5.91 Å². The summed E-state index contributed by atoms with van der Waals surface area (Å²) < 4.78 is 2.06. The van der Waals surface area contributed by atoms with Gasteiger partial charge in [-0.2, -0.15) is 0 Å². The molecule has 202 valence electrons. The first kappa shape index (κ1) is 28.6. The second kappa shape index (κ2) is 15.3. The minimum atomic E-state index is 0.141. The molecule has 37 heavy (non-hydrogen) atoms. The molecular weight excluding hydrogens is 462 g/mol. The van der Waals surface area contributed by atoms with Crippen LogP contribution in [0.5, 0.6) is 0 Å². The van der Waals surface area contributed by atoms with E-state index in [4.69, 9.17) is 0 Å². The number of carbonyl (C=O) groups is 1. The molecule has 0 aliphatic carbocycles. The zero-order valence-electron chi connectivity index (χ0n) is 23.2. The first-order valence-electron chi connectivity index (χ1n) is 13.7. The Hall–Kier alpha value is -2.97. The summed E-state index contributed by atoms with van der Waals surface area (Å²) in [6, 6.07) is 8.66. The molecule has 0 aliphatic heterocycles. The van der Waals surface area contributed by atoms with Gasteiger partial charge in [-0.25, -0.2) is 9.97 Å². The molecule has 2 aromatic heterocycles. The summed E-state index contributed by atoms with van der Waals surface area (Å²) in [4.78, 5) is 31.3. The number of aromatic amines is 1. The Morgan fingerprint density at radius 1 is 0.838 bits per heavy atom. The van der Waals surface area contributed by atoms with Crippen LogP contribution in [0.2, 0.25) is 0 Å². The number of imidazole rings is 2. The third-order valence-corrected chi connectivity index (χ3v) is 6.69. The minimum Gasteiger partial charge on any atom is -0.348 e. The molecule has 0 atom stereocenters. The molecule has 1 aromatic carbocycles. The van der Waals surface area contributed by atoms with Crippen molar-refractivity contribution in [3.05, 3.63) is 71.8 Å². The number of H-pyrrole nitrogens is 1. The summed E-state index contributed by atoms with van der Waals surface area (Å²) in [6.07, 6.45) is 12.0. The highest BCUT2D eigenvalue weighted by Crippen LogP contribution is 2.14. The lowest BCUT2D eigenvalue weighted by Gasteiger charge is -2.24. The maximum Gasteiger partial charge on any atom is 0.219 e. The number of hydrogen-bond acceptors (Lipinski definition) is 5. The molecule has 3 aromatic rings. The van der Waals surface area contributed by atoms with E-state index in [-0.39, 0.29) is 5.91 Å². The van der Waals surface area contributed by atoms with Gasteiger partial charge in [0.1, 0.15) is 11.6 Å². The number of nitrogens with zero attached hydrogens (tertiary/aromatic N) is 6. The highest BCUT2D eigenvalue weighted by molar-refractivity contribution is 5.73. The minimum absolute atomic E-state index is 0.141. The predicted molar refractivity (Wildman–Crippen MR) is 149 cm³/mol. The fourth-order valence-electron chi connectivity index (χ4n) is 4.70. The topological polar surface area (TPSA) is 73.3 Å². The van der Waals surface area contributed by atoms with Crippen LogP contribution in [0.4, 0.5) is 0 Å². The van der Waals surface area contributed by atoms with Gasteiger partial charge in [0.15, 0.2) is 0 Å². The highest BCUT2D eigenvalue weighted by atomic mass is 16.2. The Morgan fingerprint density at radius 3 is 2.08 bits per heavy atom. The Labute approximate surface area is 222 Å². The van der Waals surface area contributed by atoms with Gasteiger partial charge in [0.2, 0.25) is 5.91 Å². The predicted octanol–water partition coefficient (Wildman–Crippen LogP) is 4.60. The van der Waals surface area contributed by atoms with Gasteiger partial charge in [-0.05, 0) is 56.4 Å². The summed E-state index contributed by atoms with van der Waals surface area (Å²) in [5.41, 5.74) is 2.39. The van der Waals surface area contributed by atoms with E-state index in [1.165, 1.54) is 24.0 Å². The molecule has 0 radical (unpaired) electrons. The van der Waals surface area contributed by atoms with E-state index >= 15 is 0 Å². The van der Waals surface area contributed by atoms with Crippen LogP contribution in [0.3, 0.4) is 0 Å². The second-order valence-corrected chi connectivity index (χ2v) is 9.94. The molecule has 0 saturated heterocycles. The van der Waals surface area contributed by atoms with Gasteiger partial charge in [-0.3, -0.25) is 9.69 Å². The van der Waals surface area contributed by atoms with Crippen molar-refractivity contribution in [1.29, 1.82) is 0 Å². The monoisotopic (exact) mass is 507 g/mol. The van der Waals surface area contributed by atoms with E-state index < -0.39 is 0 Å². The number of rotatable bonds is 17. The fraction of sp³-hybridized carbons (Fsp3) is 0.552. The average molecular weight is 508 g/mol. The number of aryl methyl sites for hydroxylation is 1. The smallest absolute Gasteiger partial charge is 0.219 e. The van der Waals surface area contributed by atoms with Crippen LogP contribution in [-0.4, -0.2) is 66.3 Å². The summed E-state index contributed by atoms with van der Waals surface area (Å²) in [7, 11) is 2.02. The number of benzene rings is 1. The van der Waals surface area contributed by atoms with Crippen molar-refractivity contribution in [1.82, 2.24) is 34.2 Å². The molecule has 0 fully saturated rings. The zero-order chi connectivity index (χ0) is 26.5. The fourth-order valence-corrected chi connectivity index (χ4v) is 4.70. The average Bonchev–Trinajstić information content (AvgIpc) is 3.54. The summed E-state index contributed by atoms with van der Waals surface area (Å²) in [5, 5.41) is 0. The van der Waals surface area contributed by atoms with Crippen LogP contribution in [0.25, 0.3) is 0 Å². The number of unbranched alkanes of at least 4 members (excludes halogenated alkanes) is 1. The van der Waals surface area contributed by atoms with Gasteiger partial charge in [0.05, 0.1) is 13.1 Å². The summed E-state index contributed by atoms with van der Waals surface area (Å²) in [5.74, 6) is 2.10. The van der Waals surface area contributed by atoms with Crippen molar-refractivity contribution in [2.45, 2.75) is 72.6 Å². The van der Waals surface area contributed by atoms with Gasteiger partial charge >= 0.3 is 0 Å². The third kappa shape index (κ3) is 9.78. The largest absolute Gasteiger partial charge is 0.348 e. The molecule has 0 saturated carbocycles. The standard InChI is InChI=1S/C29H45N7O/c1-5-16-34(17-6-2)18-7-8-19-36(25(3)37)22-27-11-9-26(10-12-27)21-35(23-28-30-13-14-31-28)24-29-32-15-20-33(29)4/h9-15,20H,5-8,16-19,21-24H2,1-4H3,(H,30,31). The summed E-state index contributed by atoms with van der Waals surface area (Å²) in [6.45, 7) is 13.3. The Morgan fingerprint density at radius 2 is 1.51 bits per heavy atom. The number of amides is 1. The molecule has 0 aliphatic rings. The number of nitrogens with one attached hydrogen (secondary N) is 1. The van der Waals surface area contributed by atoms with Crippen molar-refractivity contribution in [2.24, 2.45) is 7.05 Å². The van der Waals surface area contributed by atoms with Crippen LogP contribution >= 0.6 is 0 Å². The Bertz CT molecular complexity index is 1020. The Kier molecular flexibility index (Phi) is 11.8. The maximum atomic E-state index is 12.3. The first-order chi connectivity index (χ1) is 18.0. The van der Waals surface area contributed by atoms with Crippen LogP contribution in [-0.2, 0) is 38.0 Å². The lowest BCUT2D eigenvalue weighted by molar-refractivity contribution is -0.129. The third-order valence-electron chi connectivity index (χ3n) is 6.69. The molecule has 0 unspecified atom stereocenters. The maximum absolute atomic E-state index is 12.3. The van der Waals surface area contributed by atoms with E-state index in [9.17, 15) is 4.79 Å². The molecule has 1 amide bonds. The van der Waals surface area contributed by atoms with Crippen molar-refractivity contribution < 1.29 is 4.79 Å². The quantitative estimate of drug-likeness (QED) is 0.271. The Balaban J connectivity index is 1.54. The molecule has 0 spiro atoms.